The van der Waals surface area contributed by atoms with Crippen LogP contribution >= 0.6 is 0 Å². The molecule has 1 heterocycles. The van der Waals surface area contributed by atoms with Crippen molar-refractivity contribution in [3.05, 3.63) is 52.6 Å². The van der Waals surface area contributed by atoms with Gasteiger partial charge in [0.05, 0.1) is 26.5 Å². The summed E-state index contributed by atoms with van der Waals surface area (Å²) >= 11 is 0. The standard InChI is InChI=1S/C20H24N2O3/c1-13-7-15-10-22(11-16(15)8-14(13)2)12-20(23)21-18-6-5-17(24-3)9-19(18)25-4/h5-9H,10-12H2,1-4H3,(H,21,23). The molecule has 0 aromatic heterocycles. The van der Waals surface area contributed by atoms with E-state index in [9.17, 15) is 4.79 Å². The zero-order valence-electron chi connectivity index (χ0n) is 15.2. The second-order valence-electron chi connectivity index (χ2n) is 6.46. The van der Waals surface area contributed by atoms with Crippen LogP contribution in [0.5, 0.6) is 11.5 Å². The number of anilines is 1. The smallest absolute Gasteiger partial charge is 0.238 e. The van der Waals surface area contributed by atoms with Crippen LogP contribution < -0.4 is 14.8 Å². The summed E-state index contributed by atoms with van der Waals surface area (Å²) in [6, 6.07) is 9.81. The number of amides is 1. The van der Waals surface area contributed by atoms with Crippen molar-refractivity contribution in [2.75, 3.05) is 26.1 Å². The van der Waals surface area contributed by atoms with Crippen LogP contribution in [0, 0.1) is 13.8 Å². The van der Waals surface area contributed by atoms with Crippen molar-refractivity contribution in [3.8, 4) is 11.5 Å². The van der Waals surface area contributed by atoms with E-state index in [1.807, 2.05) is 0 Å². The van der Waals surface area contributed by atoms with Gasteiger partial charge in [-0.05, 0) is 48.2 Å². The number of methoxy groups -OCH3 is 2. The maximum absolute atomic E-state index is 12.4. The molecule has 2 aromatic rings. The zero-order chi connectivity index (χ0) is 18.0. The highest BCUT2D eigenvalue weighted by molar-refractivity contribution is 5.93. The number of carbonyl (C=O) groups is 1. The second kappa shape index (κ2) is 7.15. The Kier molecular flexibility index (Phi) is 4.95. The molecule has 0 bridgehead atoms. The SMILES string of the molecule is COc1ccc(NC(=O)CN2Cc3cc(C)c(C)cc3C2)c(OC)c1. The molecule has 0 saturated carbocycles. The molecule has 5 heteroatoms. The average molecular weight is 340 g/mol. The molecule has 0 atom stereocenters. The van der Waals surface area contributed by atoms with Crippen LogP contribution in [0.3, 0.4) is 0 Å². The molecule has 25 heavy (non-hydrogen) atoms. The molecule has 1 amide bonds. The fourth-order valence-electron chi connectivity index (χ4n) is 3.17. The fraction of sp³-hybridized carbons (Fsp3) is 0.350. The number of hydrogen-bond acceptors (Lipinski definition) is 4. The van der Waals surface area contributed by atoms with Gasteiger partial charge in [-0.3, -0.25) is 9.69 Å². The number of nitrogens with one attached hydrogen (secondary N) is 1. The summed E-state index contributed by atoms with van der Waals surface area (Å²) in [6.07, 6.45) is 0. The molecule has 1 aliphatic rings. The number of rotatable bonds is 5. The Labute approximate surface area is 148 Å². The van der Waals surface area contributed by atoms with E-state index in [-0.39, 0.29) is 5.91 Å². The molecule has 1 aliphatic heterocycles. The summed E-state index contributed by atoms with van der Waals surface area (Å²) in [5.74, 6) is 1.23. The summed E-state index contributed by atoms with van der Waals surface area (Å²) in [5, 5.41) is 2.93. The zero-order valence-corrected chi connectivity index (χ0v) is 15.2. The lowest BCUT2D eigenvalue weighted by atomic mass is 10.0. The number of nitrogens with zero attached hydrogens (tertiary/aromatic N) is 1. The molecule has 0 spiro atoms. The van der Waals surface area contributed by atoms with Crippen LogP contribution in [0.4, 0.5) is 5.69 Å². The maximum Gasteiger partial charge on any atom is 0.238 e. The highest BCUT2D eigenvalue weighted by atomic mass is 16.5. The molecule has 0 unspecified atom stereocenters. The van der Waals surface area contributed by atoms with E-state index in [1.165, 1.54) is 22.3 Å². The number of fused-ring (bicyclic) bond motifs is 1. The minimum absolute atomic E-state index is 0.0512. The Hall–Kier alpha value is -2.53. The number of aryl methyl sites for hydroxylation is 2. The van der Waals surface area contributed by atoms with E-state index in [4.69, 9.17) is 9.47 Å². The fourth-order valence-corrected chi connectivity index (χ4v) is 3.17. The van der Waals surface area contributed by atoms with Crippen molar-refractivity contribution in [1.82, 2.24) is 4.90 Å². The first-order chi connectivity index (χ1) is 12.0. The molecule has 0 radical (unpaired) electrons. The summed E-state index contributed by atoms with van der Waals surface area (Å²) in [7, 11) is 3.17. The molecule has 132 valence electrons. The minimum atomic E-state index is -0.0512. The topological polar surface area (TPSA) is 50.8 Å². The number of hydrogen-bond donors (Lipinski definition) is 1. The van der Waals surface area contributed by atoms with Crippen LogP contribution in [0.1, 0.15) is 22.3 Å². The van der Waals surface area contributed by atoms with Gasteiger partial charge in [-0.1, -0.05) is 12.1 Å². The van der Waals surface area contributed by atoms with Crippen molar-refractivity contribution in [2.45, 2.75) is 26.9 Å². The van der Waals surface area contributed by atoms with Crippen molar-refractivity contribution in [1.29, 1.82) is 0 Å². The number of carbonyl (C=O) groups excluding carboxylic acids is 1. The summed E-state index contributed by atoms with van der Waals surface area (Å²) < 4.78 is 10.5. The first-order valence-electron chi connectivity index (χ1n) is 8.33. The normalized spacial score (nSPS) is 13.4. The average Bonchev–Trinajstić information content (AvgIpc) is 2.96. The second-order valence-corrected chi connectivity index (χ2v) is 6.46. The van der Waals surface area contributed by atoms with Gasteiger partial charge >= 0.3 is 0 Å². The Balaban J connectivity index is 1.64. The summed E-state index contributed by atoms with van der Waals surface area (Å²) in [5.41, 5.74) is 5.88. The number of ether oxygens (including phenoxy) is 2. The quantitative estimate of drug-likeness (QED) is 0.907. The molecule has 5 nitrogen and oxygen atoms in total. The summed E-state index contributed by atoms with van der Waals surface area (Å²) in [6.45, 7) is 6.22. The van der Waals surface area contributed by atoms with Crippen molar-refractivity contribution in [3.63, 3.8) is 0 Å². The van der Waals surface area contributed by atoms with Crippen LogP contribution in [0.15, 0.2) is 30.3 Å². The Morgan fingerprint density at radius 1 is 1.04 bits per heavy atom. The predicted octanol–water partition coefficient (Wildman–Crippen LogP) is 3.27. The molecular formula is C20H24N2O3. The highest BCUT2D eigenvalue weighted by Crippen LogP contribution is 2.29. The first kappa shape index (κ1) is 17.3. The highest BCUT2D eigenvalue weighted by Gasteiger charge is 2.22. The molecule has 0 fully saturated rings. The van der Waals surface area contributed by atoms with Gasteiger partial charge < -0.3 is 14.8 Å². The van der Waals surface area contributed by atoms with Gasteiger partial charge in [-0.2, -0.15) is 0 Å². The van der Waals surface area contributed by atoms with Crippen molar-refractivity contribution < 1.29 is 14.3 Å². The van der Waals surface area contributed by atoms with E-state index in [2.05, 4.69) is 36.2 Å². The molecule has 2 aromatic carbocycles. The van der Waals surface area contributed by atoms with Crippen molar-refractivity contribution >= 4 is 11.6 Å². The van der Waals surface area contributed by atoms with Gasteiger partial charge in [0, 0.05) is 19.2 Å². The molecule has 0 saturated heterocycles. The maximum atomic E-state index is 12.4. The van der Waals surface area contributed by atoms with E-state index >= 15 is 0 Å². The van der Waals surface area contributed by atoms with E-state index in [0.29, 0.717) is 23.7 Å². The lowest BCUT2D eigenvalue weighted by Crippen LogP contribution is -2.29. The Morgan fingerprint density at radius 3 is 2.24 bits per heavy atom. The Morgan fingerprint density at radius 2 is 1.68 bits per heavy atom. The van der Waals surface area contributed by atoms with Crippen LogP contribution in [0.2, 0.25) is 0 Å². The van der Waals surface area contributed by atoms with E-state index < -0.39 is 0 Å². The van der Waals surface area contributed by atoms with Crippen LogP contribution in [0.25, 0.3) is 0 Å². The van der Waals surface area contributed by atoms with Crippen molar-refractivity contribution in [2.24, 2.45) is 0 Å². The lowest BCUT2D eigenvalue weighted by molar-refractivity contribution is -0.117. The van der Waals surface area contributed by atoms with Gasteiger partial charge in [0.1, 0.15) is 11.5 Å². The minimum Gasteiger partial charge on any atom is -0.497 e. The number of benzene rings is 2. The monoisotopic (exact) mass is 340 g/mol. The molecule has 0 aliphatic carbocycles. The molecule has 3 rings (SSSR count). The van der Waals surface area contributed by atoms with Crippen LogP contribution in [-0.4, -0.2) is 31.6 Å². The predicted molar refractivity (Wildman–Crippen MR) is 98.2 cm³/mol. The van der Waals surface area contributed by atoms with Gasteiger partial charge in [-0.25, -0.2) is 0 Å². The van der Waals surface area contributed by atoms with Gasteiger partial charge in [0.2, 0.25) is 5.91 Å². The van der Waals surface area contributed by atoms with E-state index in [0.717, 1.165) is 13.1 Å². The van der Waals surface area contributed by atoms with E-state index in [1.54, 1.807) is 32.4 Å². The third-order valence-electron chi connectivity index (χ3n) is 4.65. The first-order valence-corrected chi connectivity index (χ1v) is 8.33. The van der Waals surface area contributed by atoms with Gasteiger partial charge in [0.15, 0.2) is 0 Å². The molecule has 1 N–H and O–H groups in total. The molecular weight excluding hydrogens is 316 g/mol. The largest absolute Gasteiger partial charge is 0.497 e. The van der Waals surface area contributed by atoms with Crippen LogP contribution in [-0.2, 0) is 17.9 Å². The third kappa shape index (κ3) is 3.77. The van der Waals surface area contributed by atoms with Gasteiger partial charge in [0.25, 0.3) is 0 Å². The summed E-state index contributed by atoms with van der Waals surface area (Å²) in [4.78, 5) is 14.6. The third-order valence-corrected chi connectivity index (χ3v) is 4.65. The Bertz CT molecular complexity index is 771. The van der Waals surface area contributed by atoms with Gasteiger partial charge in [-0.15, -0.1) is 0 Å². The lowest BCUT2D eigenvalue weighted by Gasteiger charge is -2.16.